The monoisotopic (exact) mass is 392 g/mol. The van der Waals surface area contributed by atoms with E-state index in [0.717, 1.165) is 0 Å². The topological polar surface area (TPSA) is 0 Å². The normalized spacial score (nSPS) is 11.1. The average Bonchev–Trinajstić information content (AvgIpc) is 2.58. The van der Waals surface area contributed by atoms with Crippen molar-refractivity contribution >= 4 is 23.2 Å². The lowest BCUT2D eigenvalue weighted by atomic mass is 10.4. The molecule has 0 spiro atoms. The highest BCUT2D eigenvalue weighted by Gasteiger charge is 2.54. The van der Waals surface area contributed by atoms with E-state index in [-0.39, 0.29) is 17.0 Å². The molecule has 0 aromatic heterocycles. The number of hydrogen-bond donors (Lipinski definition) is 0. The fourth-order valence-electron chi connectivity index (χ4n) is 2.77. The van der Waals surface area contributed by atoms with Crippen molar-refractivity contribution in [3.63, 3.8) is 0 Å². The summed E-state index contributed by atoms with van der Waals surface area (Å²) in [7, 11) is -2.96. The van der Waals surface area contributed by atoms with Crippen LogP contribution in [0.15, 0.2) is 91.0 Å². The fraction of sp³-hybridized carbons (Fsp3) is 0.0526. The molecule has 0 heterocycles. The van der Waals surface area contributed by atoms with Crippen LogP contribution in [-0.2, 0) is 0 Å². The van der Waals surface area contributed by atoms with Gasteiger partial charge < -0.3 is 17.0 Å². The van der Waals surface area contributed by atoms with Gasteiger partial charge in [0.15, 0.2) is 7.26 Å². The van der Waals surface area contributed by atoms with E-state index < -0.39 is 13.4 Å². The molecule has 0 saturated carbocycles. The van der Waals surface area contributed by atoms with Crippen molar-refractivity contribution in [2.75, 3.05) is 0 Å². The first-order valence-corrected chi connectivity index (χ1v) is 8.96. The van der Waals surface area contributed by atoms with Crippen molar-refractivity contribution in [2.45, 2.75) is 6.17 Å². The smallest absolute Gasteiger partial charge is 0.358 e. The minimum Gasteiger partial charge on any atom is -1.00 e. The van der Waals surface area contributed by atoms with Gasteiger partial charge in [0.25, 0.3) is 0 Å². The highest BCUT2D eigenvalue weighted by molar-refractivity contribution is 7.96. The maximum atomic E-state index is 14.5. The van der Waals surface area contributed by atoms with Gasteiger partial charge in [0.1, 0.15) is 15.9 Å². The lowest BCUT2D eigenvalue weighted by Gasteiger charge is -2.26. The van der Waals surface area contributed by atoms with Crippen LogP contribution < -0.4 is 32.9 Å². The zero-order valence-electron chi connectivity index (χ0n) is 12.3. The van der Waals surface area contributed by atoms with E-state index in [0.29, 0.717) is 15.9 Å². The van der Waals surface area contributed by atoms with Crippen LogP contribution in [0.5, 0.6) is 0 Å². The largest absolute Gasteiger partial charge is 1.00 e. The molecular formula is C19H16BrF2P. The summed E-state index contributed by atoms with van der Waals surface area (Å²) in [6, 6.07) is 27.5. The predicted molar refractivity (Wildman–Crippen MR) is 91.2 cm³/mol. The van der Waals surface area contributed by atoms with Crippen LogP contribution in [-0.4, -0.2) is 6.17 Å². The molecule has 0 aliphatic rings. The van der Waals surface area contributed by atoms with Crippen LogP contribution in [0.4, 0.5) is 8.78 Å². The summed E-state index contributed by atoms with van der Waals surface area (Å²) in [6.07, 6.45) is -2.44. The van der Waals surface area contributed by atoms with Crippen molar-refractivity contribution < 1.29 is 25.8 Å². The summed E-state index contributed by atoms with van der Waals surface area (Å²) in [5.74, 6) is 0. The van der Waals surface area contributed by atoms with E-state index in [1.165, 1.54) is 0 Å². The van der Waals surface area contributed by atoms with Crippen molar-refractivity contribution in [3.05, 3.63) is 91.0 Å². The van der Waals surface area contributed by atoms with Gasteiger partial charge in [-0.3, -0.25) is 0 Å². The van der Waals surface area contributed by atoms with Gasteiger partial charge in [-0.1, -0.05) is 54.6 Å². The molecule has 0 amide bonds. The third kappa shape index (κ3) is 3.22. The summed E-state index contributed by atoms with van der Waals surface area (Å²) in [5.41, 5.74) is 0. The molecule has 3 aromatic rings. The molecule has 3 rings (SSSR count). The number of halogens is 3. The van der Waals surface area contributed by atoms with Crippen molar-refractivity contribution in [2.24, 2.45) is 0 Å². The standard InChI is InChI=1S/C19H16F2P.BrH/c20-19(21)22(16-10-4-1-5-11-16,17-12-6-2-7-13-17)18-14-8-3-9-15-18;/h1-15,19H;1H/q+1;/p-1. The van der Waals surface area contributed by atoms with Crippen LogP contribution >= 0.6 is 7.26 Å². The number of rotatable bonds is 4. The van der Waals surface area contributed by atoms with Gasteiger partial charge in [-0.2, -0.15) is 8.78 Å². The zero-order valence-corrected chi connectivity index (χ0v) is 14.8. The van der Waals surface area contributed by atoms with E-state index in [1.54, 1.807) is 0 Å². The molecule has 0 aliphatic heterocycles. The molecule has 0 unspecified atom stereocenters. The van der Waals surface area contributed by atoms with E-state index in [2.05, 4.69) is 0 Å². The van der Waals surface area contributed by atoms with Gasteiger partial charge in [0, 0.05) is 0 Å². The Morgan fingerprint density at radius 2 is 0.783 bits per heavy atom. The number of benzene rings is 3. The first-order chi connectivity index (χ1) is 10.8. The van der Waals surface area contributed by atoms with Gasteiger partial charge in [-0.15, -0.1) is 0 Å². The first kappa shape index (κ1) is 17.8. The van der Waals surface area contributed by atoms with E-state index in [1.807, 2.05) is 91.0 Å². The minimum absolute atomic E-state index is 0. The fourth-order valence-corrected chi connectivity index (χ4v) is 6.27. The molecule has 0 saturated heterocycles. The molecule has 3 aromatic carbocycles. The molecule has 4 heteroatoms. The Hall–Kier alpha value is -1.57. The second kappa shape index (κ2) is 7.81. The molecule has 0 N–H and O–H groups in total. The summed E-state index contributed by atoms with van der Waals surface area (Å²) in [6.45, 7) is 0. The predicted octanol–water partition coefficient (Wildman–Crippen LogP) is 1.21. The van der Waals surface area contributed by atoms with Gasteiger partial charge in [0.05, 0.1) is 0 Å². The lowest BCUT2D eigenvalue weighted by Crippen LogP contribution is -3.00. The Bertz CT molecular complexity index is 621. The zero-order chi connectivity index (χ0) is 15.4. The minimum atomic E-state index is -2.96. The molecule has 0 nitrogen and oxygen atoms in total. The Morgan fingerprint density at radius 3 is 1.00 bits per heavy atom. The molecular weight excluding hydrogens is 377 g/mol. The van der Waals surface area contributed by atoms with Gasteiger partial charge in [0.2, 0.25) is 0 Å². The maximum Gasteiger partial charge on any atom is 0.358 e. The Kier molecular flexibility index (Phi) is 6.04. The SMILES string of the molecule is FC(F)[P+](c1ccccc1)(c1ccccc1)c1ccccc1.[Br-]. The van der Waals surface area contributed by atoms with Crippen LogP contribution in [0.3, 0.4) is 0 Å². The van der Waals surface area contributed by atoms with Gasteiger partial charge >= 0.3 is 6.17 Å². The molecule has 118 valence electrons. The van der Waals surface area contributed by atoms with Crippen molar-refractivity contribution in [1.29, 1.82) is 0 Å². The van der Waals surface area contributed by atoms with Crippen LogP contribution in [0.1, 0.15) is 0 Å². The quantitative estimate of drug-likeness (QED) is 0.585. The van der Waals surface area contributed by atoms with E-state index in [9.17, 15) is 8.78 Å². The third-order valence-corrected chi connectivity index (χ3v) is 7.71. The van der Waals surface area contributed by atoms with E-state index in [4.69, 9.17) is 0 Å². The molecule has 23 heavy (non-hydrogen) atoms. The summed E-state index contributed by atoms with van der Waals surface area (Å²) in [4.78, 5) is 0. The highest BCUT2D eigenvalue weighted by Crippen LogP contribution is 2.60. The Morgan fingerprint density at radius 1 is 0.522 bits per heavy atom. The molecule has 0 aliphatic carbocycles. The van der Waals surface area contributed by atoms with Crippen LogP contribution in [0.2, 0.25) is 0 Å². The molecule has 0 bridgehead atoms. The van der Waals surface area contributed by atoms with Gasteiger partial charge in [-0.05, 0) is 36.4 Å². The second-order valence-electron chi connectivity index (χ2n) is 5.01. The van der Waals surface area contributed by atoms with Crippen molar-refractivity contribution in [1.82, 2.24) is 0 Å². The average molecular weight is 393 g/mol. The molecule has 0 atom stereocenters. The van der Waals surface area contributed by atoms with Crippen molar-refractivity contribution in [3.8, 4) is 0 Å². The Balaban J connectivity index is 0.00000192. The Labute approximate surface area is 146 Å². The second-order valence-corrected chi connectivity index (χ2v) is 8.39. The summed E-state index contributed by atoms with van der Waals surface area (Å²) in [5, 5.41) is 2.13. The molecule has 0 radical (unpaired) electrons. The number of alkyl halides is 2. The maximum absolute atomic E-state index is 14.5. The first-order valence-electron chi connectivity index (χ1n) is 7.10. The highest BCUT2D eigenvalue weighted by atomic mass is 79.9. The summed E-state index contributed by atoms with van der Waals surface area (Å²) < 4.78 is 28.9. The number of hydrogen-bond acceptors (Lipinski definition) is 0. The molecule has 0 fully saturated rings. The summed E-state index contributed by atoms with van der Waals surface area (Å²) >= 11 is 0. The third-order valence-electron chi connectivity index (χ3n) is 3.78. The van der Waals surface area contributed by atoms with E-state index >= 15 is 0 Å². The van der Waals surface area contributed by atoms with Crippen LogP contribution in [0, 0.1) is 0 Å². The van der Waals surface area contributed by atoms with Crippen LogP contribution in [0.25, 0.3) is 0 Å². The lowest BCUT2D eigenvalue weighted by molar-refractivity contribution is -0.00000639. The van der Waals surface area contributed by atoms with Gasteiger partial charge in [-0.25, -0.2) is 0 Å².